The van der Waals surface area contributed by atoms with Gasteiger partial charge >= 0.3 is 5.97 Å². The number of sulfonamides is 1. The summed E-state index contributed by atoms with van der Waals surface area (Å²) in [6.07, 6.45) is 0. The lowest BCUT2D eigenvalue weighted by atomic mass is 10.2. The van der Waals surface area contributed by atoms with Crippen molar-refractivity contribution in [3.63, 3.8) is 0 Å². The lowest BCUT2D eigenvalue weighted by molar-refractivity contribution is -0.384. The van der Waals surface area contributed by atoms with Crippen LogP contribution in [-0.2, 0) is 19.7 Å². The van der Waals surface area contributed by atoms with E-state index in [-0.39, 0.29) is 22.0 Å². The Bertz CT molecular complexity index is 975. The molecular weight excluding hydrogens is 376 g/mol. The maximum absolute atomic E-state index is 12.3. The second kappa shape index (κ2) is 8.38. The summed E-state index contributed by atoms with van der Waals surface area (Å²) in [6, 6.07) is 12.9. The Morgan fingerprint density at radius 3 is 2.52 bits per heavy atom. The third-order valence-electron chi connectivity index (χ3n) is 3.40. The first kappa shape index (κ1) is 20.0. The molecule has 0 aliphatic carbocycles. The maximum atomic E-state index is 12.3. The smallest absolute Gasteiger partial charge is 0.350 e. The van der Waals surface area contributed by atoms with Crippen LogP contribution >= 0.6 is 0 Å². The van der Waals surface area contributed by atoms with E-state index in [1.54, 1.807) is 18.2 Å². The number of hydrogen-bond donors (Lipinski definition) is 1. The highest BCUT2D eigenvalue weighted by molar-refractivity contribution is 7.89. The highest BCUT2D eigenvalue weighted by atomic mass is 32.2. The Kier molecular flexibility index (Phi) is 6.21. The number of nitrogens with zero attached hydrogens (tertiary/aromatic N) is 3. The Labute approximate surface area is 155 Å². The van der Waals surface area contributed by atoms with Crippen molar-refractivity contribution in [1.82, 2.24) is 4.31 Å². The molecule has 0 saturated carbocycles. The number of nitrogens with two attached hydrogens (primary N) is 1. The molecule has 2 aromatic carbocycles. The summed E-state index contributed by atoms with van der Waals surface area (Å²) in [4.78, 5) is 26.6. The number of amidine groups is 1. The van der Waals surface area contributed by atoms with Crippen LogP contribution < -0.4 is 5.73 Å². The molecular formula is C16H16N4O6S. The fourth-order valence-electron chi connectivity index (χ4n) is 2.00. The largest absolute Gasteiger partial charge is 0.380 e. The summed E-state index contributed by atoms with van der Waals surface area (Å²) in [6.45, 7) is -0.594. The minimum absolute atomic E-state index is 0.0277. The van der Waals surface area contributed by atoms with Crippen LogP contribution in [0, 0.1) is 10.1 Å². The Morgan fingerprint density at radius 2 is 1.89 bits per heavy atom. The SMILES string of the molecule is CN(CC(=O)ON=C(N)c1cccc([N+](=O)[O-])c1)S(=O)(=O)c1ccccc1. The van der Waals surface area contributed by atoms with E-state index in [1.165, 1.54) is 43.4 Å². The van der Waals surface area contributed by atoms with E-state index in [2.05, 4.69) is 9.99 Å². The number of carbonyl (C=O) groups is 1. The van der Waals surface area contributed by atoms with Crippen molar-refractivity contribution in [2.45, 2.75) is 4.90 Å². The van der Waals surface area contributed by atoms with Gasteiger partial charge in [-0.1, -0.05) is 35.5 Å². The van der Waals surface area contributed by atoms with E-state index in [0.29, 0.717) is 0 Å². The van der Waals surface area contributed by atoms with Gasteiger partial charge in [0.25, 0.3) is 5.69 Å². The molecule has 2 aromatic rings. The molecule has 0 heterocycles. The van der Waals surface area contributed by atoms with Gasteiger partial charge in [0.2, 0.25) is 10.0 Å². The van der Waals surface area contributed by atoms with Crippen molar-refractivity contribution in [3.05, 3.63) is 70.3 Å². The summed E-state index contributed by atoms with van der Waals surface area (Å²) >= 11 is 0. The summed E-state index contributed by atoms with van der Waals surface area (Å²) < 4.78 is 25.5. The Hall–Kier alpha value is -3.31. The van der Waals surface area contributed by atoms with Gasteiger partial charge in [-0.15, -0.1) is 0 Å². The van der Waals surface area contributed by atoms with Crippen molar-refractivity contribution in [1.29, 1.82) is 0 Å². The number of benzene rings is 2. The predicted molar refractivity (Wildman–Crippen MR) is 96.2 cm³/mol. The van der Waals surface area contributed by atoms with Crippen LogP contribution in [0.3, 0.4) is 0 Å². The molecule has 0 unspecified atom stereocenters. The van der Waals surface area contributed by atoms with Crippen LogP contribution in [0.15, 0.2) is 64.6 Å². The molecule has 2 N–H and O–H groups in total. The molecule has 27 heavy (non-hydrogen) atoms. The average molecular weight is 392 g/mol. The van der Waals surface area contributed by atoms with Crippen LogP contribution in [0.2, 0.25) is 0 Å². The molecule has 142 valence electrons. The van der Waals surface area contributed by atoms with Gasteiger partial charge in [0.1, 0.15) is 6.54 Å². The van der Waals surface area contributed by atoms with Gasteiger partial charge in [-0.05, 0) is 12.1 Å². The van der Waals surface area contributed by atoms with Gasteiger partial charge in [-0.3, -0.25) is 10.1 Å². The van der Waals surface area contributed by atoms with Crippen molar-refractivity contribution in [2.75, 3.05) is 13.6 Å². The maximum Gasteiger partial charge on any atom is 0.350 e. The molecule has 0 atom stereocenters. The standard InChI is InChI=1S/C16H16N4O6S/c1-19(27(24,25)14-8-3-2-4-9-14)11-15(21)26-18-16(17)12-6-5-7-13(10-12)20(22)23/h2-10H,11H2,1H3,(H2,17,18). The molecule has 0 aliphatic rings. The fraction of sp³-hybridized carbons (Fsp3) is 0.125. The van der Waals surface area contributed by atoms with E-state index >= 15 is 0 Å². The zero-order valence-corrected chi connectivity index (χ0v) is 15.0. The number of hydrogen-bond acceptors (Lipinski definition) is 7. The molecule has 0 amide bonds. The van der Waals surface area contributed by atoms with Gasteiger partial charge < -0.3 is 10.6 Å². The van der Waals surface area contributed by atoms with E-state index in [0.717, 1.165) is 4.31 Å². The summed E-state index contributed by atoms with van der Waals surface area (Å²) in [5, 5.41) is 14.2. The van der Waals surface area contributed by atoms with Crippen LogP contribution in [0.1, 0.15) is 5.56 Å². The zero-order chi connectivity index (χ0) is 20.0. The molecule has 0 saturated heterocycles. The normalized spacial score (nSPS) is 12.0. The Morgan fingerprint density at radius 1 is 1.22 bits per heavy atom. The molecule has 0 bridgehead atoms. The van der Waals surface area contributed by atoms with Crippen molar-refractivity contribution >= 4 is 27.5 Å². The van der Waals surface area contributed by atoms with Gasteiger partial charge in [-0.2, -0.15) is 4.31 Å². The molecule has 0 spiro atoms. The van der Waals surface area contributed by atoms with E-state index in [1.807, 2.05) is 0 Å². The monoisotopic (exact) mass is 392 g/mol. The van der Waals surface area contributed by atoms with Crippen molar-refractivity contribution in [3.8, 4) is 0 Å². The van der Waals surface area contributed by atoms with Crippen molar-refractivity contribution < 1.29 is 23.0 Å². The topological polar surface area (TPSA) is 145 Å². The van der Waals surface area contributed by atoms with Gasteiger partial charge in [0, 0.05) is 24.7 Å². The average Bonchev–Trinajstić information content (AvgIpc) is 2.66. The van der Waals surface area contributed by atoms with E-state index in [9.17, 15) is 23.3 Å². The minimum atomic E-state index is -3.86. The molecule has 10 nitrogen and oxygen atoms in total. The fourth-order valence-corrected chi connectivity index (χ4v) is 3.14. The Balaban J connectivity index is 2.04. The molecule has 0 radical (unpaired) electrons. The summed E-state index contributed by atoms with van der Waals surface area (Å²) in [5.41, 5.74) is 5.62. The highest BCUT2D eigenvalue weighted by Crippen LogP contribution is 2.14. The first-order valence-corrected chi connectivity index (χ1v) is 8.95. The second-order valence-electron chi connectivity index (χ2n) is 5.32. The van der Waals surface area contributed by atoms with Gasteiger partial charge in [-0.25, -0.2) is 13.2 Å². The molecule has 11 heteroatoms. The van der Waals surface area contributed by atoms with Gasteiger partial charge in [0.15, 0.2) is 5.84 Å². The summed E-state index contributed by atoms with van der Waals surface area (Å²) in [7, 11) is -2.64. The van der Waals surface area contributed by atoms with E-state index in [4.69, 9.17) is 5.73 Å². The number of nitro benzene ring substituents is 1. The van der Waals surface area contributed by atoms with Crippen molar-refractivity contribution in [2.24, 2.45) is 10.9 Å². The van der Waals surface area contributed by atoms with Crippen LogP contribution in [0.4, 0.5) is 5.69 Å². The number of rotatable bonds is 7. The first-order chi connectivity index (χ1) is 12.7. The molecule has 0 aliphatic heterocycles. The predicted octanol–water partition coefficient (Wildman–Crippen LogP) is 1.08. The third kappa shape index (κ3) is 5.09. The highest BCUT2D eigenvalue weighted by Gasteiger charge is 2.23. The minimum Gasteiger partial charge on any atom is -0.380 e. The number of carbonyl (C=O) groups excluding carboxylic acids is 1. The van der Waals surface area contributed by atoms with E-state index < -0.39 is 27.5 Å². The first-order valence-electron chi connectivity index (χ1n) is 7.51. The van der Waals surface area contributed by atoms with Crippen LogP contribution in [0.5, 0.6) is 0 Å². The zero-order valence-electron chi connectivity index (χ0n) is 14.2. The third-order valence-corrected chi connectivity index (χ3v) is 5.22. The molecule has 0 fully saturated rings. The van der Waals surface area contributed by atoms with Crippen LogP contribution in [-0.4, -0.2) is 43.0 Å². The molecule has 0 aromatic heterocycles. The number of non-ortho nitro benzene ring substituents is 1. The lowest BCUT2D eigenvalue weighted by Crippen LogP contribution is -2.32. The van der Waals surface area contributed by atoms with Crippen LogP contribution in [0.25, 0.3) is 0 Å². The number of oxime groups is 1. The summed E-state index contributed by atoms with van der Waals surface area (Å²) in [5.74, 6) is -1.23. The lowest BCUT2D eigenvalue weighted by Gasteiger charge is -2.15. The number of nitro groups is 1. The quantitative estimate of drug-likeness (QED) is 0.244. The van der Waals surface area contributed by atoms with Gasteiger partial charge in [0.05, 0.1) is 9.82 Å². The second-order valence-corrected chi connectivity index (χ2v) is 7.37. The molecule has 2 rings (SSSR count). The number of likely N-dealkylation sites (N-methyl/N-ethyl adjacent to an activating group) is 1.